The molecule has 1 aromatic rings. The molecule has 2 aliphatic heterocycles. The maximum absolute atomic E-state index is 12.4. The second kappa shape index (κ2) is 8.25. The van der Waals surface area contributed by atoms with Gasteiger partial charge in [0.1, 0.15) is 0 Å². The van der Waals surface area contributed by atoms with Crippen LogP contribution in [-0.2, 0) is 9.53 Å². The fraction of sp³-hybridized carbons (Fsp3) is 0.500. The maximum Gasteiger partial charge on any atom is 0.337 e. The van der Waals surface area contributed by atoms with Gasteiger partial charge in [-0.25, -0.2) is 9.59 Å². The fourth-order valence-electron chi connectivity index (χ4n) is 3.70. The Kier molecular flexibility index (Phi) is 5.81. The van der Waals surface area contributed by atoms with E-state index in [1.165, 1.54) is 32.1 Å². The van der Waals surface area contributed by atoms with Crippen molar-refractivity contribution in [2.24, 2.45) is 0 Å². The Hall–Kier alpha value is -2.50. The molecular weight excluding hydrogens is 330 g/mol. The van der Waals surface area contributed by atoms with Crippen molar-refractivity contribution in [2.45, 2.75) is 45.1 Å². The average molecular weight is 357 g/mol. The third-order valence-electron chi connectivity index (χ3n) is 5.01. The lowest BCUT2D eigenvalue weighted by Crippen LogP contribution is -2.45. The number of hydrogen-bond acceptors (Lipinski definition) is 4. The van der Waals surface area contributed by atoms with Crippen LogP contribution < -0.4 is 15.5 Å². The Balaban J connectivity index is 1.90. The minimum absolute atomic E-state index is 0.286. The first-order valence-electron chi connectivity index (χ1n) is 9.37. The highest BCUT2D eigenvalue weighted by atomic mass is 16.5. The molecule has 26 heavy (non-hydrogen) atoms. The van der Waals surface area contributed by atoms with Gasteiger partial charge in [-0.3, -0.25) is 0 Å². The number of piperidine rings is 1. The molecule has 2 N–H and O–H groups in total. The highest BCUT2D eigenvalue weighted by molar-refractivity contribution is 5.95. The second-order valence-corrected chi connectivity index (χ2v) is 6.80. The maximum atomic E-state index is 12.4. The zero-order valence-electron chi connectivity index (χ0n) is 15.5. The van der Waals surface area contributed by atoms with Crippen LogP contribution in [0.4, 0.5) is 10.5 Å². The van der Waals surface area contributed by atoms with Gasteiger partial charge in [-0.2, -0.15) is 0 Å². The molecule has 140 valence electrons. The molecule has 6 nitrogen and oxygen atoms in total. The summed E-state index contributed by atoms with van der Waals surface area (Å²) in [5, 5.41) is 5.63. The van der Waals surface area contributed by atoms with Crippen LogP contribution in [0.3, 0.4) is 0 Å². The molecule has 6 heteroatoms. The molecule has 0 saturated carbocycles. The fourth-order valence-corrected chi connectivity index (χ4v) is 3.70. The number of methoxy groups -OCH3 is 1. The third-order valence-corrected chi connectivity index (χ3v) is 5.01. The van der Waals surface area contributed by atoms with Crippen LogP contribution in [0.1, 0.15) is 50.6 Å². The molecule has 0 aromatic heterocycles. The number of esters is 1. The monoisotopic (exact) mass is 357 g/mol. The minimum atomic E-state index is -0.492. The van der Waals surface area contributed by atoms with E-state index in [4.69, 9.17) is 4.74 Å². The second-order valence-electron chi connectivity index (χ2n) is 6.80. The topological polar surface area (TPSA) is 70.7 Å². The lowest BCUT2D eigenvalue weighted by atomic mass is 9.93. The van der Waals surface area contributed by atoms with Gasteiger partial charge in [0.15, 0.2) is 0 Å². The SMILES string of the molecule is CCCC1=C(C(=O)OC)C(c2ccc(N3CCCCC3)cc2)NC(=O)N1. The number of nitrogens with zero attached hydrogens (tertiary/aromatic N) is 1. The largest absolute Gasteiger partial charge is 0.466 e. The van der Waals surface area contributed by atoms with Crippen molar-refractivity contribution >= 4 is 17.7 Å². The molecule has 1 fully saturated rings. The predicted octanol–water partition coefficient (Wildman–Crippen LogP) is 3.26. The Morgan fingerprint density at radius 2 is 1.88 bits per heavy atom. The smallest absolute Gasteiger partial charge is 0.337 e. The Morgan fingerprint density at radius 1 is 1.19 bits per heavy atom. The number of benzene rings is 1. The molecular formula is C20H27N3O3. The lowest BCUT2D eigenvalue weighted by Gasteiger charge is -2.31. The Morgan fingerprint density at radius 3 is 2.50 bits per heavy atom. The van der Waals surface area contributed by atoms with E-state index in [1.807, 2.05) is 19.1 Å². The third kappa shape index (κ3) is 3.84. The molecule has 0 bridgehead atoms. The molecule has 0 radical (unpaired) electrons. The summed E-state index contributed by atoms with van der Waals surface area (Å²) >= 11 is 0. The number of nitrogens with one attached hydrogen (secondary N) is 2. The van der Waals surface area contributed by atoms with Gasteiger partial charge in [-0.15, -0.1) is 0 Å². The van der Waals surface area contributed by atoms with Gasteiger partial charge in [0.2, 0.25) is 0 Å². The van der Waals surface area contributed by atoms with Gasteiger partial charge in [-0.1, -0.05) is 25.5 Å². The van der Waals surface area contributed by atoms with Crippen molar-refractivity contribution in [3.05, 3.63) is 41.1 Å². The molecule has 2 amide bonds. The molecule has 1 atom stereocenters. The highest BCUT2D eigenvalue weighted by Crippen LogP contribution is 2.31. The Bertz CT molecular complexity index is 691. The van der Waals surface area contributed by atoms with E-state index in [9.17, 15) is 9.59 Å². The summed E-state index contributed by atoms with van der Waals surface area (Å²) in [5.41, 5.74) is 3.20. The number of anilines is 1. The van der Waals surface area contributed by atoms with E-state index in [2.05, 4.69) is 27.7 Å². The number of carbonyl (C=O) groups is 2. The zero-order valence-corrected chi connectivity index (χ0v) is 15.5. The van der Waals surface area contributed by atoms with E-state index in [1.54, 1.807) is 0 Å². The number of hydrogen-bond donors (Lipinski definition) is 2. The standard InChI is InChI=1S/C20H27N3O3/c1-3-7-16-17(19(24)26-2)18(22-20(25)21-16)14-8-10-15(11-9-14)23-12-5-4-6-13-23/h8-11,18H,3-7,12-13H2,1-2H3,(H2,21,22,25). The first kappa shape index (κ1) is 18.3. The molecule has 0 aliphatic carbocycles. The van der Waals surface area contributed by atoms with Crippen molar-refractivity contribution in [1.29, 1.82) is 0 Å². The van der Waals surface area contributed by atoms with Gasteiger partial charge in [-0.05, 0) is 43.4 Å². The van der Waals surface area contributed by atoms with E-state index >= 15 is 0 Å². The van der Waals surface area contributed by atoms with E-state index in [-0.39, 0.29) is 6.03 Å². The summed E-state index contributed by atoms with van der Waals surface area (Å²) in [4.78, 5) is 26.8. The van der Waals surface area contributed by atoms with Gasteiger partial charge in [0, 0.05) is 24.5 Å². The number of rotatable bonds is 5. The van der Waals surface area contributed by atoms with E-state index in [0.717, 1.165) is 25.1 Å². The van der Waals surface area contributed by atoms with Gasteiger partial charge < -0.3 is 20.3 Å². The number of ether oxygens (including phenoxy) is 1. The summed E-state index contributed by atoms with van der Waals surface area (Å²) in [6.45, 7) is 4.17. The molecule has 1 unspecified atom stereocenters. The first-order valence-corrected chi connectivity index (χ1v) is 9.37. The van der Waals surface area contributed by atoms with Gasteiger partial charge >= 0.3 is 12.0 Å². The van der Waals surface area contributed by atoms with Crippen molar-refractivity contribution < 1.29 is 14.3 Å². The number of allylic oxidation sites excluding steroid dienone is 1. The number of urea groups is 1. The zero-order chi connectivity index (χ0) is 18.5. The normalized spacial score (nSPS) is 20.5. The predicted molar refractivity (Wildman–Crippen MR) is 101 cm³/mol. The molecule has 1 saturated heterocycles. The summed E-state index contributed by atoms with van der Waals surface area (Å²) in [5.74, 6) is -0.411. The number of amides is 2. The summed E-state index contributed by atoms with van der Waals surface area (Å²) in [6, 6.07) is 7.35. The highest BCUT2D eigenvalue weighted by Gasteiger charge is 2.33. The van der Waals surface area contributed by atoms with Crippen LogP contribution >= 0.6 is 0 Å². The minimum Gasteiger partial charge on any atom is -0.466 e. The number of carbonyl (C=O) groups excluding carboxylic acids is 2. The summed E-state index contributed by atoms with van der Waals surface area (Å²) < 4.78 is 4.98. The molecule has 2 aliphatic rings. The average Bonchev–Trinajstić information content (AvgIpc) is 2.68. The molecule has 2 heterocycles. The van der Waals surface area contributed by atoms with Gasteiger partial charge in [0.05, 0.1) is 18.7 Å². The summed E-state index contributed by atoms with van der Waals surface area (Å²) in [7, 11) is 1.37. The van der Waals surface area contributed by atoms with E-state index in [0.29, 0.717) is 17.7 Å². The summed E-state index contributed by atoms with van der Waals surface area (Å²) in [6.07, 6.45) is 5.20. The van der Waals surface area contributed by atoms with Crippen LogP contribution in [0.2, 0.25) is 0 Å². The molecule has 0 spiro atoms. The van der Waals surface area contributed by atoms with Crippen molar-refractivity contribution in [2.75, 3.05) is 25.1 Å². The van der Waals surface area contributed by atoms with Crippen LogP contribution in [0.15, 0.2) is 35.5 Å². The van der Waals surface area contributed by atoms with E-state index < -0.39 is 12.0 Å². The van der Waals surface area contributed by atoms with Crippen LogP contribution in [0, 0.1) is 0 Å². The Labute approximate surface area is 154 Å². The molecule has 1 aromatic carbocycles. The van der Waals surface area contributed by atoms with Crippen LogP contribution in [0.25, 0.3) is 0 Å². The first-order chi connectivity index (χ1) is 12.6. The van der Waals surface area contributed by atoms with Crippen LogP contribution in [-0.4, -0.2) is 32.2 Å². The van der Waals surface area contributed by atoms with Crippen molar-refractivity contribution in [1.82, 2.24) is 10.6 Å². The van der Waals surface area contributed by atoms with Crippen molar-refractivity contribution in [3.63, 3.8) is 0 Å². The lowest BCUT2D eigenvalue weighted by molar-refractivity contribution is -0.136. The van der Waals surface area contributed by atoms with Crippen LogP contribution in [0.5, 0.6) is 0 Å². The van der Waals surface area contributed by atoms with Crippen molar-refractivity contribution in [3.8, 4) is 0 Å². The molecule has 3 rings (SSSR count). The quantitative estimate of drug-likeness (QED) is 0.794. The van der Waals surface area contributed by atoms with Gasteiger partial charge in [0.25, 0.3) is 0 Å².